The molecule has 4 rings (SSSR count). The Morgan fingerprint density at radius 1 is 1.24 bits per heavy atom. The van der Waals surface area contributed by atoms with Gasteiger partial charge in [-0.2, -0.15) is 0 Å². The van der Waals surface area contributed by atoms with Gasteiger partial charge in [-0.25, -0.2) is 4.98 Å². The van der Waals surface area contributed by atoms with Gasteiger partial charge < -0.3 is 14.8 Å². The smallest absolute Gasteiger partial charge is 0.224 e. The first-order valence-electron chi connectivity index (χ1n) is 8.51. The molecule has 0 spiro atoms. The van der Waals surface area contributed by atoms with E-state index in [4.69, 9.17) is 21.1 Å². The number of ether oxygens (including phenoxy) is 2. The standard InChI is InChI=1S/C18H19ClN2O3S/c19-12-10-15-14(23-6-7-24-15)8-11(12)9-17(22)20-5-4-18-21-13-2-1-3-16(13)25-18/h8,10H,1-7,9H2,(H,20,22). The third-order valence-corrected chi connectivity index (χ3v) is 5.93. The number of rotatable bonds is 5. The van der Waals surface area contributed by atoms with Crippen molar-refractivity contribution in [2.75, 3.05) is 19.8 Å². The monoisotopic (exact) mass is 378 g/mol. The number of aryl methyl sites for hydroxylation is 2. The van der Waals surface area contributed by atoms with Crippen LogP contribution in [0.2, 0.25) is 5.02 Å². The summed E-state index contributed by atoms with van der Waals surface area (Å²) in [5.74, 6) is 1.23. The first-order chi connectivity index (χ1) is 12.2. The zero-order chi connectivity index (χ0) is 17.2. The van der Waals surface area contributed by atoms with E-state index in [9.17, 15) is 4.79 Å². The Balaban J connectivity index is 1.31. The molecule has 25 heavy (non-hydrogen) atoms. The highest BCUT2D eigenvalue weighted by Gasteiger charge is 2.18. The maximum Gasteiger partial charge on any atom is 0.224 e. The van der Waals surface area contributed by atoms with Gasteiger partial charge in [0.15, 0.2) is 11.5 Å². The number of hydrogen-bond acceptors (Lipinski definition) is 5. The number of nitrogens with zero attached hydrogens (tertiary/aromatic N) is 1. The molecule has 0 saturated heterocycles. The van der Waals surface area contributed by atoms with Crippen molar-refractivity contribution in [3.8, 4) is 11.5 Å². The largest absolute Gasteiger partial charge is 0.486 e. The molecule has 1 aromatic carbocycles. The summed E-state index contributed by atoms with van der Waals surface area (Å²) in [5.41, 5.74) is 2.01. The van der Waals surface area contributed by atoms with E-state index in [1.165, 1.54) is 17.0 Å². The molecule has 5 nitrogen and oxygen atoms in total. The number of halogens is 1. The molecule has 0 radical (unpaired) electrons. The van der Waals surface area contributed by atoms with E-state index >= 15 is 0 Å². The minimum atomic E-state index is -0.0531. The highest BCUT2D eigenvalue weighted by Crippen LogP contribution is 2.35. The number of hydrogen-bond donors (Lipinski definition) is 1. The summed E-state index contributed by atoms with van der Waals surface area (Å²) in [6, 6.07) is 3.51. The van der Waals surface area contributed by atoms with Crippen molar-refractivity contribution in [3.63, 3.8) is 0 Å². The predicted octanol–water partition coefficient (Wildman–Crippen LogP) is 2.96. The molecule has 132 valence electrons. The van der Waals surface area contributed by atoms with Crippen LogP contribution in [-0.4, -0.2) is 30.6 Å². The molecule has 7 heteroatoms. The summed E-state index contributed by atoms with van der Waals surface area (Å²) in [5, 5.41) is 4.59. The Morgan fingerprint density at radius 2 is 2.04 bits per heavy atom. The van der Waals surface area contributed by atoms with E-state index in [0.29, 0.717) is 36.3 Å². The molecule has 1 aromatic heterocycles. The molecule has 1 amide bonds. The van der Waals surface area contributed by atoms with E-state index < -0.39 is 0 Å². The zero-order valence-corrected chi connectivity index (χ0v) is 15.3. The van der Waals surface area contributed by atoms with Gasteiger partial charge >= 0.3 is 0 Å². The van der Waals surface area contributed by atoms with Crippen LogP contribution in [0.5, 0.6) is 11.5 Å². The number of carbonyl (C=O) groups excluding carboxylic acids is 1. The normalized spacial score (nSPS) is 15.1. The van der Waals surface area contributed by atoms with Crippen LogP contribution >= 0.6 is 22.9 Å². The molecule has 0 bridgehead atoms. The molecule has 1 aliphatic heterocycles. The van der Waals surface area contributed by atoms with Gasteiger partial charge in [-0.1, -0.05) is 11.6 Å². The second-order valence-electron chi connectivity index (χ2n) is 6.20. The fraction of sp³-hybridized carbons (Fsp3) is 0.444. The first-order valence-corrected chi connectivity index (χ1v) is 9.70. The Bertz CT molecular complexity index is 784. The Kier molecular flexibility index (Phi) is 4.81. The van der Waals surface area contributed by atoms with E-state index in [1.807, 2.05) is 0 Å². The number of benzene rings is 1. The van der Waals surface area contributed by atoms with Crippen molar-refractivity contribution in [2.45, 2.75) is 32.1 Å². The summed E-state index contributed by atoms with van der Waals surface area (Å²) in [7, 11) is 0. The molecule has 0 fully saturated rings. The lowest BCUT2D eigenvalue weighted by Gasteiger charge is -2.19. The number of aromatic nitrogens is 1. The molecule has 0 unspecified atom stereocenters. The van der Waals surface area contributed by atoms with Crippen molar-refractivity contribution in [1.29, 1.82) is 0 Å². The lowest BCUT2D eigenvalue weighted by molar-refractivity contribution is -0.120. The fourth-order valence-electron chi connectivity index (χ4n) is 3.14. The first kappa shape index (κ1) is 16.7. The summed E-state index contributed by atoms with van der Waals surface area (Å²) >= 11 is 8.04. The van der Waals surface area contributed by atoms with Crippen molar-refractivity contribution >= 4 is 28.8 Å². The van der Waals surface area contributed by atoms with E-state index in [1.54, 1.807) is 23.5 Å². The van der Waals surface area contributed by atoms with Gasteiger partial charge in [0, 0.05) is 28.9 Å². The average Bonchev–Trinajstić information content (AvgIpc) is 3.17. The Hall–Kier alpha value is -1.79. The lowest BCUT2D eigenvalue weighted by atomic mass is 10.1. The SMILES string of the molecule is O=C(Cc1cc2c(cc1Cl)OCCO2)NCCc1nc2c(s1)CCC2. The van der Waals surface area contributed by atoms with Gasteiger partial charge in [0.2, 0.25) is 5.91 Å². The lowest BCUT2D eigenvalue weighted by Crippen LogP contribution is -2.27. The van der Waals surface area contributed by atoms with Crippen LogP contribution in [0.15, 0.2) is 12.1 Å². The summed E-state index contributed by atoms with van der Waals surface area (Å²) in [6.45, 7) is 1.62. The van der Waals surface area contributed by atoms with Gasteiger partial charge in [0.1, 0.15) is 13.2 Å². The van der Waals surface area contributed by atoms with Crippen molar-refractivity contribution < 1.29 is 14.3 Å². The number of thiazole rings is 1. The quantitative estimate of drug-likeness (QED) is 0.869. The summed E-state index contributed by atoms with van der Waals surface area (Å²) < 4.78 is 11.0. The van der Waals surface area contributed by atoms with Crippen LogP contribution in [0.1, 0.15) is 27.6 Å². The average molecular weight is 379 g/mol. The minimum Gasteiger partial charge on any atom is -0.486 e. The van der Waals surface area contributed by atoms with Gasteiger partial charge in [0.25, 0.3) is 0 Å². The van der Waals surface area contributed by atoms with E-state index in [2.05, 4.69) is 10.3 Å². The number of fused-ring (bicyclic) bond motifs is 2. The minimum absolute atomic E-state index is 0.0531. The molecule has 0 saturated carbocycles. The van der Waals surface area contributed by atoms with Crippen molar-refractivity contribution in [2.24, 2.45) is 0 Å². The maximum atomic E-state index is 12.2. The Morgan fingerprint density at radius 3 is 2.84 bits per heavy atom. The molecule has 0 atom stereocenters. The molecule has 1 N–H and O–H groups in total. The highest BCUT2D eigenvalue weighted by molar-refractivity contribution is 7.11. The second kappa shape index (κ2) is 7.22. The predicted molar refractivity (Wildman–Crippen MR) is 97.0 cm³/mol. The van der Waals surface area contributed by atoms with Gasteiger partial charge in [-0.15, -0.1) is 11.3 Å². The fourth-order valence-corrected chi connectivity index (χ4v) is 4.51. The highest BCUT2D eigenvalue weighted by atomic mass is 35.5. The maximum absolute atomic E-state index is 12.2. The van der Waals surface area contributed by atoms with Crippen LogP contribution in [0, 0.1) is 0 Å². The number of nitrogens with one attached hydrogen (secondary N) is 1. The third-order valence-electron chi connectivity index (χ3n) is 4.36. The van der Waals surface area contributed by atoms with Gasteiger partial charge in [0.05, 0.1) is 17.1 Å². The zero-order valence-electron chi connectivity index (χ0n) is 13.8. The molecular formula is C18H19ClN2O3S. The summed E-state index contributed by atoms with van der Waals surface area (Å²) in [4.78, 5) is 18.3. The van der Waals surface area contributed by atoms with Crippen molar-refractivity contribution in [1.82, 2.24) is 10.3 Å². The molecular weight excluding hydrogens is 360 g/mol. The second-order valence-corrected chi connectivity index (χ2v) is 7.77. The molecule has 2 aromatic rings. The van der Waals surface area contributed by atoms with Gasteiger partial charge in [-0.05, 0) is 30.9 Å². The topological polar surface area (TPSA) is 60.5 Å². The van der Waals surface area contributed by atoms with Crippen molar-refractivity contribution in [3.05, 3.63) is 38.3 Å². The van der Waals surface area contributed by atoms with E-state index in [0.717, 1.165) is 29.8 Å². The van der Waals surface area contributed by atoms with Crippen LogP contribution < -0.4 is 14.8 Å². The Labute approximate surface area is 155 Å². The molecule has 2 aliphatic rings. The van der Waals surface area contributed by atoms with Crippen LogP contribution in [0.25, 0.3) is 0 Å². The number of amides is 1. The van der Waals surface area contributed by atoms with Crippen LogP contribution in [0.4, 0.5) is 0 Å². The van der Waals surface area contributed by atoms with E-state index in [-0.39, 0.29) is 12.3 Å². The molecule has 2 heterocycles. The van der Waals surface area contributed by atoms with Crippen LogP contribution in [0.3, 0.4) is 0 Å². The molecule has 1 aliphatic carbocycles. The van der Waals surface area contributed by atoms with Gasteiger partial charge in [-0.3, -0.25) is 4.79 Å². The summed E-state index contributed by atoms with van der Waals surface area (Å²) in [6.07, 6.45) is 4.48. The van der Waals surface area contributed by atoms with Crippen LogP contribution in [-0.2, 0) is 30.5 Å². The number of carbonyl (C=O) groups is 1. The third kappa shape index (κ3) is 3.75.